The average molecular weight is 254 g/mol. The fourth-order valence-corrected chi connectivity index (χ4v) is 3.82. The van der Waals surface area contributed by atoms with Crippen LogP contribution in [0.25, 0.3) is 0 Å². The van der Waals surface area contributed by atoms with Crippen LogP contribution < -0.4 is 4.90 Å². The van der Waals surface area contributed by atoms with Gasteiger partial charge in [-0.25, -0.2) is 0 Å². The zero-order valence-electron chi connectivity index (χ0n) is 11.1. The molecule has 98 valence electrons. The highest BCUT2D eigenvalue weighted by Crippen LogP contribution is 2.43. The number of nitrogens with zero attached hydrogens (tertiary/aromatic N) is 2. The molecule has 1 spiro atoms. The number of aliphatic imine (C=N–C) groups is 1. The minimum Gasteiger partial charge on any atom is -0.322 e. The van der Waals surface area contributed by atoms with Crippen molar-refractivity contribution in [3.63, 3.8) is 0 Å². The third-order valence-electron chi connectivity index (χ3n) is 4.87. The van der Waals surface area contributed by atoms with Gasteiger partial charge >= 0.3 is 0 Å². The lowest BCUT2D eigenvalue weighted by atomic mass is 9.73. The number of anilines is 1. The highest BCUT2D eigenvalue weighted by molar-refractivity contribution is 6.54. The maximum atomic E-state index is 12.3. The number of benzene rings is 1. The summed E-state index contributed by atoms with van der Waals surface area (Å²) in [6.45, 7) is 1.83. The summed E-state index contributed by atoms with van der Waals surface area (Å²) in [5.41, 5.74) is 2.21. The molecule has 1 fully saturated rings. The van der Waals surface area contributed by atoms with Crippen LogP contribution in [0.2, 0.25) is 0 Å². The van der Waals surface area contributed by atoms with Crippen molar-refractivity contribution in [2.75, 3.05) is 18.0 Å². The number of hydrogen-bond donors (Lipinski definition) is 0. The lowest BCUT2D eigenvalue weighted by Gasteiger charge is -2.42. The molecule has 3 nitrogen and oxygen atoms in total. The van der Waals surface area contributed by atoms with Crippen LogP contribution in [-0.4, -0.2) is 24.7 Å². The maximum Gasteiger partial charge on any atom is 0.230 e. The molecule has 2 aliphatic heterocycles. The fraction of sp³-hybridized carbons (Fsp3) is 0.500. The van der Waals surface area contributed by atoms with Crippen LogP contribution in [0.4, 0.5) is 5.69 Å². The molecule has 0 N–H and O–H groups in total. The van der Waals surface area contributed by atoms with Crippen LogP contribution in [0.1, 0.15) is 42.5 Å². The van der Waals surface area contributed by atoms with Gasteiger partial charge < -0.3 is 4.90 Å². The summed E-state index contributed by atoms with van der Waals surface area (Å²) < 4.78 is 0. The van der Waals surface area contributed by atoms with Gasteiger partial charge in [0.1, 0.15) is 0 Å². The molecule has 3 aliphatic rings. The number of carbonyl (C=O) groups excluding carboxylic acids is 1. The third-order valence-corrected chi connectivity index (χ3v) is 4.87. The monoisotopic (exact) mass is 254 g/mol. The van der Waals surface area contributed by atoms with Crippen LogP contribution in [0, 0.1) is 5.41 Å². The molecule has 1 saturated carbocycles. The van der Waals surface area contributed by atoms with Gasteiger partial charge in [-0.3, -0.25) is 9.79 Å². The summed E-state index contributed by atoms with van der Waals surface area (Å²) in [5, 5.41) is 0. The van der Waals surface area contributed by atoms with Gasteiger partial charge in [-0.2, -0.15) is 0 Å². The van der Waals surface area contributed by atoms with Gasteiger partial charge in [0.25, 0.3) is 0 Å². The molecular formula is C16H18N2O. The van der Waals surface area contributed by atoms with Crippen molar-refractivity contribution in [1.82, 2.24) is 0 Å². The van der Waals surface area contributed by atoms with Crippen molar-refractivity contribution in [1.29, 1.82) is 0 Å². The molecule has 0 amide bonds. The standard InChI is InChI=1S/C16H18N2O/c19-14-12-6-2-3-7-13(12)18-11-16(10-17-15(14)18)8-4-1-5-9-16/h2-3,6-7H,1,4-5,8-11H2. The van der Waals surface area contributed by atoms with E-state index >= 15 is 0 Å². The van der Waals surface area contributed by atoms with Crippen LogP contribution in [-0.2, 0) is 0 Å². The van der Waals surface area contributed by atoms with E-state index in [0.717, 1.165) is 24.3 Å². The highest BCUT2D eigenvalue weighted by atomic mass is 16.1. The zero-order valence-corrected chi connectivity index (χ0v) is 11.1. The Morgan fingerprint density at radius 1 is 1.11 bits per heavy atom. The van der Waals surface area contributed by atoms with E-state index in [2.05, 4.69) is 16.0 Å². The number of ketones is 1. The topological polar surface area (TPSA) is 32.7 Å². The summed E-state index contributed by atoms with van der Waals surface area (Å²) in [4.78, 5) is 19.2. The number of hydrogen-bond acceptors (Lipinski definition) is 3. The predicted molar refractivity (Wildman–Crippen MR) is 75.9 cm³/mol. The van der Waals surface area contributed by atoms with E-state index in [-0.39, 0.29) is 5.78 Å². The first-order chi connectivity index (χ1) is 9.29. The van der Waals surface area contributed by atoms with Crippen LogP contribution in [0.5, 0.6) is 0 Å². The molecule has 1 aromatic rings. The van der Waals surface area contributed by atoms with E-state index in [1.165, 1.54) is 32.1 Å². The fourth-order valence-electron chi connectivity index (χ4n) is 3.82. The Morgan fingerprint density at radius 2 is 1.89 bits per heavy atom. The second kappa shape index (κ2) is 3.92. The Balaban J connectivity index is 1.75. The quantitative estimate of drug-likeness (QED) is 0.713. The van der Waals surface area contributed by atoms with Gasteiger partial charge in [0.05, 0.1) is 5.69 Å². The molecule has 19 heavy (non-hydrogen) atoms. The van der Waals surface area contributed by atoms with E-state index in [0.29, 0.717) is 11.3 Å². The van der Waals surface area contributed by atoms with E-state index in [4.69, 9.17) is 0 Å². The Kier molecular flexibility index (Phi) is 2.32. The molecule has 0 saturated heterocycles. The number of carbonyl (C=O) groups is 1. The maximum absolute atomic E-state index is 12.3. The average Bonchev–Trinajstić information content (AvgIpc) is 2.73. The number of rotatable bonds is 0. The molecule has 0 bridgehead atoms. The van der Waals surface area contributed by atoms with E-state index in [1.807, 2.05) is 18.2 Å². The van der Waals surface area contributed by atoms with Crippen LogP contribution in [0.3, 0.4) is 0 Å². The summed E-state index contributed by atoms with van der Waals surface area (Å²) in [5.74, 6) is 0.790. The molecule has 1 aliphatic carbocycles. The summed E-state index contributed by atoms with van der Waals surface area (Å²) in [7, 11) is 0. The first-order valence-corrected chi connectivity index (χ1v) is 7.25. The SMILES string of the molecule is O=C1C2=NCC3(CCCCC3)CN2c2ccccc21. The normalized spacial score (nSPS) is 24.1. The number of amidine groups is 1. The van der Waals surface area contributed by atoms with Gasteiger partial charge in [-0.1, -0.05) is 31.4 Å². The van der Waals surface area contributed by atoms with Crippen LogP contribution >= 0.6 is 0 Å². The molecule has 0 atom stereocenters. The largest absolute Gasteiger partial charge is 0.322 e. The number of fused-ring (bicyclic) bond motifs is 3. The van der Waals surface area contributed by atoms with E-state index in [9.17, 15) is 4.79 Å². The zero-order chi connectivity index (χ0) is 12.9. The Labute approximate surface area is 113 Å². The van der Waals surface area contributed by atoms with E-state index in [1.54, 1.807) is 0 Å². The molecule has 2 heterocycles. The van der Waals surface area contributed by atoms with Crippen molar-refractivity contribution in [3.8, 4) is 0 Å². The molecule has 0 radical (unpaired) electrons. The first kappa shape index (κ1) is 11.2. The second-order valence-electron chi connectivity index (χ2n) is 6.13. The third kappa shape index (κ3) is 1.57. The Bertz CT molecular complexity index is 570. The molecule has 4 rings (SSSR count). The van der Waals surface area contributed by atoms with Crippen molar-refractivity contribution in [2.24, 2.45) is 10.4 Å². The first-order valence-electron chi connectivity index (χ1n) is 7.25. The van der Waals surface area contributed by atoms with Gasteiger partial charge in [0.2, 0.25) is 5.78 Å². The smallest absolute Gasteiger partial charge is 0.230 e. The van der Waals surface area contributed by atoms with Crippen LogP contribution in [0.15, 0.2) is 29.3 Å². The molecule has 0 unspecified atom stereocenters. The minimum absolute atomic E-state index is 0.112. The molecule has 0 aromatic heterocycles. The minimum atomic E-state index is 0.112. The molecular weight excluding hydrogens is 236 g/mol. The summed E-state index contributed by atoms with van der Waals surface area (Å²) in [6.07, 6.45) is 6.50. The second-order valence-corrected chi connectivity index (χ2v) is 6.13. The number of para-hydroxylation sites is 1. The van der Waals surface area contributed by atoms with E-state index < -0.39 is 0 Å². The number of Topliss-reactive ketones (excluding diaryl/α,β-unsaturated/α-hetero) is 1. The van der Waals surface area contributed by atoms with Crippen molar-refractivity contribution in [2.45, 2.75) is 32.1 Å². The lowest BCUT2D eigenvalue weighted by molar-refractivity contribution is 0.106. The Morgan fingerprint density at radius 3 is 2.74 bits per heavy atom. The molecule has 3 heteroatoms. The van der Waals surface area contributed by atoms with Gasteiger partial charge in [-0.05, 0) is 25.0 Å². The Hall–Kier alpha value is -1.64. The summed E-state index contributed by atoms with van der Waals surface area (Å²) >= 11 is 0. The van der Waals surface area contributed by atoms with Crippen molar-refractivity contribution in [3.05, 3.63) is 29.8 Å². The summed E-state index contributed by atoms with van der Waals surface area (Å²) in [6, 6.07) is 7.92. The predicted octanol–water partition coefficient (Wildman–Crippen LogP) is 3.05. The lowest BCUT2D eigenvalue weighted by Crippen LogP contribution is -2.48. The highest BCUT2D eigenvalue weighted by Gasteiger charge is 2.43. The van der Waals surface area contributed by atoms with Crippen molar-refractivity contribution < 1.29 is 4.79 Å². The molecule has 1 aromatic carbocycles. The van der Waals surface area contributed by atoms with Gasteiger partial charge in [0.15, 0.2) is 5.84 Å². The van der Waals surface area contributed by atoms with Gasteiger partial charge in [-0.15, -0.1) is 0 Å². The van der Waals surface area contributed by atoms with Crippen molar-refractivity contribution >= 4 is 17.3 Å². The van der Waals surface area contributed by atoms with Gasteiger partial charge in [0, 0.05) is 24.1 Å².